The van der Waals surface area contributed by atoms with Gasteiger partial charge < -0.3 is 13.7 Å². The predicted octanol–water partition coefficient (Wildman–Crippen LogP) is 10.9. The van der Waals surface area contributed by atoms with Crippen molar-refractivity contribution in [2.75, 3.05) is 0 Å². The Morgan fingerprint density at radius 1 is 0.531 bits per heavy atom. The molecular weight excluding hydrogens is 599 g/mol. The minimum atomic E-state index is 0.469. The first-order valence-corrected chi connectivity index (χ1v) is 16.4. The highest BCUT2D eigenvalue weighted by molar-refractivity contribution is 6.29. The summed E-state index contributed by atoms with van der Waals surface area (Å²) >= 11 is 0. The van der Waals surface area contributed by atoms with Crippen molar-refractivity contribution in [1.82, 2.24) is 13.7 Å². The van der Waals surface area contributed by atoms with Crippen LogP contribution in [0.5, 0.6) is 0 Å². The molecule has 0 bridgehead atoms. The summed E-state index contributed by atoms with van der Waals surface area (Å²) in [5, 5.41) is 27.2. The van der Waals surface area contributed by atoms with Crippen molar-refractivity contribution in [2.45, 2.75) is 13.0 Å². The average molecular weight is 628 g/mol. The van der Waals surface area contributed by atoms with E-state index in [0.29, 0.717) is 18.5 Å². The van der Waals surface area contributed by atoms with E-state index in [4.69, 9.17) is 0 Å². The first-order valence-electron chi connectivity index (χ1n) is 16.4. The third-order valence-corrected chi connectivity index (χ3v) is 9.76. The van der Waals surface area contributed by atoms with Crippen molar-refractivity contribution >= 4 is 71.1 Å². The summed E-state index contributed by atoms with van der Waals surface area (Å²) < 4.78 is 6.95. The zero-order valence-corrected chi connectivity index (χ0v) is 26.6. The number of rotatable bonds is 6. The fourth-order valence-electron chi connectivity index (χ4n) is 7.81. The Kier molecular flexibility index (Phi) is 6.64. The van der Waals surface area contributed by atoms with Crippen molar-refractivity contribution in [2.24, 2.45) is 0 Å². The molecule has 3 aromatic heterocycles. The smallest absolute Gasteiger partial charge is 0.101 e. The topological polar surface area (TPSA) is 62.4 Å². The van der Waals surface area contributed by atoms with Crippen molar-refractivity contribution < 1.29 is 0 Å². The number of aromatic nitrogens is 3. The summed E-state index contributed by atoms with van der Waals surface area (Å²) in [5.74, 6) is 0. The van der Waals surface area contributed by atoms with Crippen molar-refractivity contribution in [3.05, 3.63) is 157 Å². The Morgan fingerprint density at radius 3 is 1.71 bits per heavy atom. The van der Waals surface area contributed by atoms with Gasteiger partial charge in [-0.05, 0) is 54.6 Å². The number of hydrogen-bond acceptors (Lipinski definition) is 2. The summed E-state index contributed by atoms with van der Waals surface area (Å²) in [6.07, 6.45) is 3.62. The maximum absolute atomic E-state index is 10.6. The van der Waals surface area contributed by atoms with Gasteiger partial charge >= 0.3 is 0 Å². The van der Waals surface area contributed by atoms with Crippen molar-refractivity contribution in [3.8, 4) is 17.8 Å². The third kappa shape index (κ3) is 4.30. The van der Waals surface area contributed by atoms with E-state index < -0.39 is 0 Å². The van der Waals surface area contributed by atoms with E-state index in [2.05, 4.69) is 159 Å². The van der Waals surface area contributed by atoms with E-state index in [9.17, 15) is 10.5 Å². The number of nitrogens with zero attached hydrogens (tertiary/aromatic N) is 5. The third-order valence-electron chi connectivity index (χ3n) is 9.76. The Bertz CT molecular complexity index is 2840. The van der Waals surface area contributed by atoms with Gasteiger partial charge in [-0.3, -0.25) is 0 Å². The minimum absolute atomic E-state index is 0.469. The molecule has 6 aromatic carbocycles. The van der Waals surface area contributed by atoms with E-state index in [1.54, 1.807) is 6.08 Å². The van der Waals surface area contributed by atoms with Crippen LogP contribution in [-0.4, -0.2) is 13.7 Å². The summed E-state index contributed by atoms with van der Waals surface area (Å²) in [6.45, 7) is 0.651. The zero-order chi connectivity index (χ0) is 32.9. The van der Waals surface area contributed by atoms with E-state index >= 15 is 0 Å². The molecule has 0 saturated heterocycles. The molecule has 230 valence electrons. The molecule has 49 heavy (non-hydrogen) atoms. The van der Waals surface area contributed by atoms with Crippen LogP contribution in [0.2, 0.25) is 0 Å². The number of allylic oxidation sites excluding steroid dienone is 4. The lowest BCUT2D eigenvalue weighted by molar-refractivity contribution is 0.754. The number of para-hydroxylation sites is 5. The second-order valence-electron chi connectivity index (χ2n) is 12.3. The van der Waals surface area contributed by atoms with E-state index in [0.717, 1.165) is 55.3 Å². The highest BCUT2D eigenvalue weighted by atomic mass is 15.0. The summed E-state index contributed by atoms with van der Waals surface area (Å²) in [5.41, 5.74) is 9.07. The fourth-order valence-corrected chi connectivity index (χ4v) is 7.81. The SMILES string of the molecule is N#C/C=C/C(C#N)=C(\CCn1c2ccccc2c2ccccc21)n1c2ccccc2c2c3c4ccccc4n(-c4ccccc4)c3ccc21. The second-order valence-corrected chi connectivity index (χ2v) is 12.3. The van der Waals surface area contributed by atoms with Gasteiger partial charge in [-0.2, -0.15) is 10.5 Å². The lowest BCUT2D eigenvalue weighted by atomic mass is 10.1. The van der Waals surface area contributed by atoms with Crippen LogP contribution >= 0.6 is 0 Å². The van der Waals surface area contributed by atoms with Gasteiger partial charge in [-0.15, -0.1) is 0 Å². The Balaban J connectivity index is 1.34. The zero-order valence-electron chi connectivity index (χ0n) is 26.6. The second kappa shape index (κ2) is 11.5. The van der Waals surface area contributed by atoms with Gasteiger partial charge in [0.15, 0.2) is 0 Å². The Hall–Kier alpha value is -6.82. The molecular formula is C44H29N5. The molecule has 0 amide bonds. The van der Waals surface area contributed by atoms with Crippen LogP contribution in [0.15, 0.2) is 157 Å². The first-order chi connectivity index (χ1) is 24.3. The molecule has 5 nitrogen and oxygen atoms in total. The first kappa shape index (κ1) is 28.4. The molecule has 0 aliphatic heterocycles. The van der Waals surface area contributed by atoms with Crippen LogP contribution in [0.3, 0.4) is 0 Å². The van der Waals surface area contributed by atoms with Crippen LogP contribution in [0.4, 0.5) is 0 Å². The maximum Gasteiger partial charge on any atom is 0.101 e. The molecule has 0 N–H and O–H groups in total. The molecule has 0 spiro atoms. The van der Waals surface area contributed by atoms with Crippen LogP contribution < -0.4 is 0 Å². The van der Waals surface area contributed by atoms with Crippen molar-refractivity contribution in [3.63, 3.8) is 0 Å². The molecule has 0 radical (unpaired) electrons. The van der Waals surface area contributed by atoms with Crippen molar-refractivity contribution in [1.29, 1.82) is 10.5 Å². The quantitative estimate of drug-likeness (QED) is 0.136. The van der Waals surface area contributed by atoms with Gasteiger partial charge in [-0.25, -0.2) is 0 Å². The average Bonchev–Trinajstić information content (AvgIpc) is 3.79. The highest BCUT2D eigenvalue weighted by Crippen LogP contribution is 2.43. The molecule has 0 atom stereocenters. The molecule has 9 aromatic rings. The van der Waals surface area contributed by atoms with Crippen LogP contribution in [0.1, 0.15) is 6.42 Å². The number of fused-ring (bicyclic) bond motifs is 10. The normalized spacial score (nSPS) is 12.4. The van der Waals surface area contributed by atoms with Crippen LogP contribution in [0, 0.1) is 22.7 Å². The summed E-state index contributed by atoms with van der Waals surface area (Å²) in [4.78, 5) is 0. The fraction of sp³-hybridized carbons (Fsp3) is 0.0455. The van der Waals surface area contributed by atoms with Crippen LogP contribution in [0.25, 0.3) is 76.8 Å². The standard InChI is InChI=1S/C44H29N5/c45-27-12-13-30(29-46)36(26-28-47-37-20-8-4-16-32(37)33-17-5-9-21-38(33)47)49-40-23-11-7-19-35(40)44-42(49)25-24-41-43(44)34-18-6-10-22-39(34)48(41)31-14-2-1-3-15-31/h1-25H,26,28H2/b13-12+,36-30-. The van der Waals surface area contributed by atoms with Gasteiger partial charge in [0, 0.05) is 73.8 Å². The number of aryl methyl sites for hydroxylation is 1. The molecule has 0 unspecified atom stereocenters. The lowest BCUT2D eigenvalue weighted by Crippen LogP contribution is -2.06. The molecule has 0 fully saturated rings. The molecule has 0 aliphatic rings. The van der Waals surface area contributed by atoms with Crippen LogP contribution in [-0.2, 0) is 6.54 Å². The Morgan fingerprint density at radius 2 is 1.06 bits per heavy atom. The van der Waals surface area contributed by atoms with E-state index in [1.165, 1.54) is 27.6 Å². The number of benzene rings is 6. The minimum Gasteiger partial charge on any atom is -0.340 e. The number of hydrogen-bond donors (Lipinski definition) is 0. The Labute approximate surface area is 282 Å². The molecule has 0 saturated carbocycles. The van der Waals surface area contributed by atoms with Gasteiger partial charge in [0.25, 0.3) is 0 Å². The van der Waals surface area contributed by atoms with Gasteiger partial charge in [0.2, 0.25) is 0 Å². The molecule has 0 aliphatic carbocycles. The van der Waals surface area contributed by atoms with Gasteiger partial charge in [-0.1, -0.05) is 91.0 Å². The largest absolute Gasteiger partial charge is 0.340 e. The molecule has 9 rings (SSSR count). The predicted molar refractivity (Wildman–Crippen MR) is 201 cm³/mol. The van der Waals surface area contributed by atoms with E-state index in [1.807, 2.05) is 6.07 Å². The van der Waals surface area contributed by atoms with Gasteiger partial charge in [0.1, 0.15) is 6.07 Å². The monoisotopic (exact) mass is 627 g/mol. The van der Waals surface area contributed by atoms with E-state index in [-0.39, 0.29) is 0 Å². The molecule has 3 heterocycles. The summed E-state index contributed by atoms with van der Waals surface area (Å²) in [7, 11) is 0. The molecule has 5 heteroatoms. The lowest BCUT2D eigenvalue weighted by Gasteiger charge is -2.16. The summed E-state index contributed by atoms with van der Waals surface area (Å²) in [6, 6.07) is 53.5. The van der Waals surface area contributed by atoms with Gasteiger partial charge in [0.05, 0.1) is 33.7 Å². The maximum atomic E-state index is 10.6. The highest BCUT2D eigenvalue weighted by Gasteiger charge is 2.22. The number of nitriles is 2.